The number of hydrogen-bond donors (Lipinski definition) is 1. The Kier molecular flexibility index (Phi) is 6.89. The maximum absolute atomic E-state index is 5.37. The summed E-state index contributed by atoms with van der Waals surface area (Å²) in [6.07, 6.45) is 1.05. The van der Waals surface area contributed by atoms with Gasteiger partial charge in [-0.3, -0.25) is 4.90 Å². The van der Waals surface area contributed by atoms with Crippen LogP contribution in [0.25, 0.3) is 0 Å². The molecule has 5 nitrogen and oxygen atoms in total. The summed E-state index contributed by atoms with van der Waals surface area (Å²) in [4.78, 5) is 8.48. The van der Waals surface area contributed by atoms with Crippen molar-refractivity contribution in [1.29, 1.82) is 0 Å². The van der Waals surface area contributed by atoms with Gasteiger partial charge in [0.1, 0.15) is 0 Å². The highest BCUT2D eigenvalue weighted by atomic mass is 32.1. The van der Waals surface area contributed by atoms with Gasteiger partial charge in [-0.1, -0.05) is 0 Å². The molecule has 0 unspecified atom stereocenters. The van der Waals surface area contributed by atoms with Gasteiger partial charge in [0.15, 0.2) is 0 Å². The van der Waals surface area contributed by atoms with Crippen LogP contribution in [0.15, 0.2) is 0 Å². The maximum atomic E-state index is 5.37. The predicted octanol–water partition coefficient (Wildman–Crippen LogP) is 1.06. The molecule has 0 saturated carbocycles. The number of hydrogen-bond acceptors (Lipinski definition) is 6. The van der Waals surface area contributed by atoms with Crippen molar-refractivity contribution >= 4 is 11.3 Å². The lowest BCUT2D eigenvalue weighted by atomic mass is 10.3. The van der Waals surface area contributed by atoms with Crippen LogP contribution < -0.4 is 5.32 Å². The Hall–Kier alpha value is -0.530. The molecule has 20 heavy (non-hydrogen) atoms. The van der Waals surface area contributed by atoms with Gasteiger partial charge in [0.25, 0.3) is 0 Å². The minimum Gasteiger partial charge on any atom is -0.383 e. The first-order chi connectivity index (χ1) is 9.79. The molecule has 0 aliphatic carbocycles. The summed E-state index contributed by atoms with van der Waals surface area (Å²) in [7, 11) is 1.73. The fourth-order valence-corrected chi connectivity index (χ4v) is 3.24. The molecular formula is C14H25N3O2S. The average molecular weight is 299 g/mol. The van der Waals surface area contributed by atoms with Crippen molar-refractivity contribution in [3.8, 4) is 0 Å². The lowest BCUT2D eigenvalue weighted by Gasteiger charge is -2.25. The zero-order valence-corrected chi connectivity index (χ0v) is 13.3. The van der Waals surface area contributed by atoms with Gasteiger partial charge in [0.2, 0.25) is 0 Å². The number of rotatable bonds is 8. The van der Waals surface area contributed by atoms with E-state index >= 15 is 0 Å². The summed E-state index contributed by atoms with van der Waals surface area (Å²) in [5.74, 6) is 0. The molecule has 2 rings (SSSR count). The highest BCUT2D eigenvalue weighted by Crippen LogP contribution is 2.18. The minimum atomic E-state index is 0.752. The highest BCUT2D eigenvalue weighted by Gasteiger charge is 2.12. The fourth-order valence-electron chi connectivity index (χ4n) is 2.21. The molecule has 0 spiro atoms. The first-order valence-electron chi connectivity index (χ1n) is 7.24. The Morgan fingerprint density at radius 3 is 2.95 bits per heavy atom. The average Bonchev–Trinajstić information content (AvgIpc) is 2.83. The van der Waals surface area contributed by atoms with E-state index in [4.69, 9.17) is 9.47 Å². The van der Waals surface area contributed by atoms with Crippen LogP contribution in [0.3, 0.4) is 0 Å². The summed E-state index contributed by atoms with van der Waals surface area (Å²) < 4.78 is 10.4. The van der Waals surface area contributed by atoms with Crippen molar-refractivity contribution in [2.45, 2.75) is 19.9 Å². The molecule has 1 aliphatic heterocycles. The number of methoxy groups -OCH3 is 1. The third-order valence-electron chi connectivity index (χ3n) is 3.45. The Morgan fingerprint density at radius 2 is 2.20 bits per heavy atom. The number of ether oxygens (including phenoxy) is 2. The number of nitrogens with one attached hydrogen (secondary N) is 1. The zero-order chi connectivity index (χ0) is 14.2. The minimum absolute atomic E-state index is 0.752. The second-order valence-electron chi connectivity index (χ2n) is 4.99. The maximum Gasteiger partial charge on any atom is 0.0944 e. The predicted molar refractivity (Wildman–Crippen MR) is 81.4 cm³/mol. The van der Waals surface area contributed by atoms with Gasteiger partial charge in [0.05, 0.1) is 30.5 Å². The summed E-state index contributed by atoms with van der Waals surface area (Å²) >= 11 is 1.83. The molecule has 2 heterocycles. The number of aromatic nitrogens is 1. The topological polar surface area (TPSA) is 46.6 Å². The second-order valence-corrected chi connectivity index (χ2v) is 6.16. The van der Waals surface area contributed by atoms with Crippen molar-refractivity contribution in [3.05, 3.63) is 15.6 Å². The van der Waals surface area contributed by atoms with Gasteiger partial charge < -0.3 is 14.8 Å². The molecule has 1 aromatic heterocycles. The Labute approximate surface area is 125 Å². The Morgan fingerprint density at radius 1 is 1.40 bits per heavy atom. The lowest BCUT2D eigenvalue weighted by molar-refractivity contribution is 0.0384. The lowest BCUT2D eigenvalue weighted by Crippen LogP contribution is -2.37. The van der Waals surface area contributed by atoms with E-state index < -0.39 is 0 Å². The van der Waals surface area contributed by atoms with Crippen LogP contribution in [0.2, 0.25) is 0 Å². The van der Waals surface area contributed by atoms with Gasteiger partial charge in [-0.05, 0) is 6.92 Å². The molecule has 1 aliphatic rings. The van der Waals surface area contributed by atoms with E-state index in [1.807, 2.05) is 11.3 Å². The molecule has 6 heteroatoms. The van der Waals surface area contributed by atoms with Crippen LogP contribution in [0, 0.1) is 6.92 Å². The molecule has 1 N–H and O–H groups in total. The Balaban J connectivity index is 1.74. The van der Waals surface area contributed by atoms with E-state index in [1.54, 1.807) is 7.11 Å². The molecule has 1 aromatic rings. The standard InChI is InChI=1S/C14H25N3O2S/c1-12-13(11-15-4-8-18-2)20-14(16-12)3-5-17-6-9-19-10-7-17/h15H,3-11H2,1-2H3. The quantitative estimate of drug-likeness (QED) is 0.727. The van der Waals surface area contributed by atoms with Crippen LogP contribution in [0.1, 0.15) is 15.6 Å². The van der Waals surface area contributed by atoms with Gasteiger partial charge in [0, 0.05) is 51.1 Å². The summed E-state index contributed by atoms with van der Waals surface area (Å²) in [6.45, 7) is 9.56. The number of aryl methyl sites for hydroxylation is 1. The zero-order valence-electron chi connectivity index (χ0n) is 12.5. The third-order valence-corrected chi connectivity index (χ3v) is 4.67. The van der Waals surface area contributed by atoms with Gasteiger partial charge in [-0.25, -0.2) is 4.98 Å². The molecule has 0 amide bonds. The van der Waals surface area contributed by atoms with Gasteiger partial charge in [-0.15, -0.1) is 11.3 Å². The van der Waals surface area contributed by atoms with Crippen LogP contribution in [-0.2, 0) is 22.4 Å². The molecule has 1 saturated heterocycles. The number of morpholine rings is 1. The van der Waals surface area contributed by atoms with Crippen LogP contribution in [0.4, 0.5) is 0 Å². The largest absolute Gasteiger partial charge is 0.383 e. The summed E-state index contributed by atoms with van der Waals surface area (Å²) in [5, 5.41) is 4.63. The van der Waals surface area contributed by atoms with E-state index in [0.717, 1.165) is 64.7 Å². The first kappa shape index (κ1) is 15.9. The van der Waals surface area contributed by atoms with E-state index in [2.05, 4.69) is 22.1 Å². The normalized spacial score (nSPS) is 16.7. The van der Waals surface area contributed by atoms with Crippen LogP contribution in [-0.4, -0.2) is 63.0 Å². The molecule has 1 fully saturated rings. The SMILES string of the molecule is COCCNCc1sc(CCN2CCOCC2)nc1C. The summed E-state index contributed by atoms with van der Waals surface area (Å²) in [5.41, 5.74) is 1.16. The van der Waals surface area contributed by atoms with Gasteiger partial charge >= 0.3 is 0 Å². The van der Waals surface area contributed by atoms with E-state index in [1.165, 1.54) is 9.88 Å². The third kappa shape index (κ3) is 5.10. The van der Waals surface area contributed by atoms with Crippen molar-refractivity contribution in [2.75, 3.05) is 53.1 Å². The second kappa shape index (κ2) is 8.69. The number of nitrogens with zero attached hydrogens (tertiary/aromatic N) is 2. The van der Waals surface area contributed by atoms with Crippen LogP contribution >= 0.6 is 11.3 Å². The smallest absolute Gasteiger partial charge is 0.0944 e. The molecule has 0 bridgehead atoms. The summed E-state index contributed by atoms with van der Waals surface area (Å²) in [6, 6.07) is 0. The monoisotopic (exact) mass is 299 g/mol. The van der Waals surface area contributed by atoms with Crippen molar-refractivity contribution in [1.82, 2.24) is 15.2 Å². The van der Waals surface area contributed by atoms with Gasteiger partial charge in [-0.2, -0.15) is 0 Å². The van der Waals surface area contributed by atoms with Crippen molar-refractivity contribution in [3.63, 3.8) is 0 Å². The van der Waals surface area contributed by atoms with Crippen molar-refractivity contribution in [2.24, 2.45) is 0 Å². The van der Waals surface area contributed by atoms with Crippen LogP contribution in [0.5, 0.6) is 0 Å². The highest BCUT2D eigenvalue weighted by molar-refractivity contribution is 7.11. The molecule has 0 aromatic carbocycles. The fraction of sp³-hybridized carbons (Fsp3) is 0.786. The molecule has 0 atom stereocenters. The van der Waals surface area contributed by atoms with E-state index in [9.17, 15) is 0 Å². The Bertz CT molecular complexity index is 392. The number of thiazole rings is 1. The molecule has 114 valence electrons. The molecule has 0 radical (unpaired) electrons. The van der Waals surface area contributed by atoms with E-state index in [-0.39, 0.29) is 0 Å². The van der Waals surface area contributed by atoms with E-state index in [0.29, 0.717) is 0 Å². The molecular weight excluding hydrogens is 274 g/mol. The van der Waals surface area contributed by atoms with Crippen molar-refractivity contribution < 1.29 is 9.47 Å². The first-order valence-corrected chi connectivity index (χ1v) is 8.06.